The number of rotatable bonds is 6. The molecule has 0 atom stereocenters. The van der Waals surface area contributed by atoms with E-state index in [4.69, 9.17) is 9.15 Å². The monoisotopic (exact) mass is 450 g/mol. The van der Waals surface area contributed by atoms with E-state index < -0.39 is 0 Å². The first-order valence-corrected chi connectivity index (χ1v) is 12.7. The van der Waals surface area contributed by atoms with E-state index in [1.165, 1.54) is 32.1 Å². The maximum Gasteiger partial charge on any atom is 0.291 e. The van der Waals surface area contributed by atoms with Gasteiger partial charge in [0, 0.05) is 46.4 Å². The van der Waals surface area contributed by atoms with E-state index in [1.807, 2.05) is 42.1 Å². The molecular formula is C26H30N2O3S. The molecule has 0 unspecified atom stereocenters. The first-order valence-electron chi connectivity index (χ1n) is 11.6. The zero-order valence-corrected chi connectivity index (χ0v) is 19.2. The van der Waals surface area contributed by atoms with E-state index in [0.717, 1.165) is 60.0 Å². The first kappa shape index (κ1) is 21.4. The lowest BCUT2D eigenvalue weighted by molar-refractivity contribution is 0.0998. The molecular weight excluding hydrogens is 420 g/mol. The molecule has 0 bridgehead atoms. The number of benzene rings is 2. The molecule has 2 aliphatic rings. The van der Waals surface area contributed by atoms with Crippen LogP contribution in [-0.4, -0.2) is 37.5 Å². The number of carbonyl (C=O) groups excluding carboxylic acids is 1. The van der Waals surface area contributed by atoms with Gasteiger partial charge in [-0.25, -0.2) is 0 Å². The molecule has 1 saturated heterocycles. The lowest BCUT2D eigenvalue weighted by Gasteiger charge is -2.28. The van der Waals surface area contributed by atoms with Crippen molar-refractivity contribution in [2.45, 2.75) is 43.1 Å². The number of nitrogens with one attached hydrogen (secondary N) is 1. The molecule has 1 saturated carbocycles. The van der Waals surface area contributed by atoms with Gasteiger partial charge in [-0.15, -0.1) is 0 Å². The molecule has 1 aliphatic carbocycles. The Kier molecular flexibility index (Phi) is 6.69. The molecule has 3 aromatic rings. The summed E-state index contributed by atoms with van der Waals surface area (Å²) < 4.78 is 11.5. The van der Waals surface area contributed by atoms with Crippen LogP contribution in [0.1, 0.15) is 48.2 Å². The van der Waals surface area contributed by atoms with Crippen molar-refractivity contribution in [3.63, 3.8) is 0 Å². The van der Waals surface area contributed by atoms with Crippen LogP contribution in [0.2, 0.25) is 0 Å². The Morgan fingerprint density at radius 1 is 1.00 bits per heavy atom. The molecule has 0 spiro atoms. The minimum atomic E-state index is -0.181. The van der Waals surface area contributed by atoms with E-state index in [2.05, 4.69) is 28.4 Å². The molecule has 2 heterocycles. The Hall–Kier alpha value is -2.44. The summed E-state index contributed by atoms with van der Waals surface area (Å²) in [5, 5.41) is 4.77. The van der Waals surface area contributed by atoms with Crippen molar-refractivity contribution in [2.24, 2.45) is 0 Å². The minimum absolute atomic E-state index is 0.181. The number of ether oxygens (including phenoxy) is 1. The van der Waals surface area contributed by atoms with Crippen molar-refractivity contribution >= 4 is 40.0 Å². The average Bonchev–Trinajstić information content (AvgIpc) is 3.23. The zero-order chi connectivity index (χ0) is 21.8. The number of amides is 1. The van der Waals surface area contributed by atoms with Crippen molar-refractivity contribution in [3.05, 3.63) is 59.9 Å². The Morgan fingerprint density at radius 2 is 1.75 bits per heavy atom. The van der Waals surface area contributed by atoms with Crippen molar-refractivity contribution in [1.29, 1.82) is 0 Å². The number of furan rings is 1. The molecule has 2 aromatic carbocycles. The second-order valence-corrected chi connectivity index (χ2v) is 9.87. The van der Waals surface area contributed by atoms with Crippen LogP contribution in [0.25, 0.3) is 11.0 Å². The van der Waals surface area contributed by atoms with Crippen molar-refractivity contribution in [3.8, 4) is 0 Å². The van der Waals surface area contributed by atoms with Crippen LogP contribution in [-0.2, 0) is 10.5 Å². The Balaban J connectivity index is 1.32. The highest BCUT2D eigenvalue weighted by atomic mass is 32.2. The fraction of sp³-hybridized carbons (Fsp3) is 0.423. The molecule has 168 valence electrons. The highest BCUT2D eigenvalue weighted by Crippen LogP contribution is 2.35. The fourth-order valence-corrected chi connectivity index (χ4v) is 5.98. The first-order chi connectivity index (χ1) is 15.8. The number of para-hydroxylation sites is 1. The summed E-state index contributed by atoms with van der Waals surface area (Å²) in [6.07, 6.45) is 6.54. The highest BCUT2D eigenvalue weighted by Gasteiger charge is 2.23. The van der Waals surface area contributed by atoms with Gasteiger partial charge in [-0.2, -0.15) is 11.8 Å². The highest BCUT2D eigenvalue weighted by molar-refractivity contribution is 7.99. The summed E-state index contributed by atoms with van der Waals surface area (Å²) in [5.74, 6) is 1.06. The number of hydrogen-bond acceptors (Lipinski definition) is 5. The molecule has 1 aromatic heterocycles. The van der Waals surface area contributed by atoms with Gasteiger partial charge < -0.3 is 19.4 Å². The van der Waals surface area contributed by atoms with E-state index in [1.54, 1.807) is 0 Å². The summed E-state index contributed by atoms with van der Waals surface area (Å²) in [4.78, 5) is 15.5. The third-order valence-corrected chi connectivity index (χ3v) is 7.82. The number of carbonyl (C=O) groups is 1. The van der Waals surface area contributed by atoms with Gasteiger partial charge in [-0.3, -0.25) is 4.79 Å². The lowest BCUT2D eigenvalue weighted by atomic mass is 10.0. The van der Waals surface area contributed by atoms with Crippen molar-refractivity contribution < 1.29 is 13.9 Å². The number of anilines is 2. The quantitative estimate of drug-likeness (QED) is 0.493. The van der Waals surface area contributed by atoms with E-state index >= 15 is 0 Å². The summed E-state index contributed by atoms with van der Waals surface area (Å²) >= 11 is 1.97. The Labute approximate surface area is 193 Å². The topological polar surface area (TPSA) is 54.7 Å². The lowest BCUT2D eigenvalue weighted by Crippen LogP contribution is -2.36. The SMILES string of the molecule is O=C(Nc1ccc(N2CCOCC2)cc1)c1oc2ccccc2c1CSC1CCCCC1. The maximum atomic E-state index is 13.2. The predicted molar refractivity (Wildman–Crippen MR) is 132 cm³/mol. The van der Waals surface area contributed by atoms with Gasteiger partial charge in [-0.05, 0) is 43.2 Å². The molecule has 1 amide bonds. The Bertz CT molecular complexity index is 1050. The second-order valence-electron chi connectivity index (χ2n) is 8.58. The minimum Gasteiger partial charge on any atom is -0.451 e. The Morgan fingerprint density at radius 3 is 2.53 bits per heavy atom. The molecule has 1 aliphatic heterocycles. The number of fused-ring (bicyclic) bond motifs is 1. The molecule has 32 heavy (non-hydrogen) atoms. The van der Waals surface area contributed by atoms with E-state index in [-0.39, 0.29) is 5.91 Å². The third-order valence-electron chi connectivity index (χ3n) is 6.42. The largest absolute Gasteiger partial charge is 0.451 e. The standard InChI is InChI=1S/C26H30N2O3S/c29-26(27-19-10-12-20(13-11-19)28-14-16-30-17-15-28)25-23(18-32-21-6-2-1-3-7-21)22-8-4-5-9-24(22)31-25/h4-5,8-13,21H,1-3,6-7,14-18H2,(H,27,29). The molecule has 0 radical (unpaired) electrons. The summed E-state index contributed by atoms with van der Waals surface area (Å²) in [6, 6.07) is 16.0. The third kappa shape index (κ3) is 4.81. The second kappa shape index (κ2) is 10.0. The number of hydrogen-bond donors (Lipinski definition) is 1. The van der Waals surface area contributed by atoms with Crippen LogP contribution < -0.4 is 10.2 Å². The molecule has 6 heteroatoms. The van der Waals surface area contributed by atoms with Gasteiger partial charge in [0.2, 0.25) is 0 Å². The summed E-state index contributed by atoms with van der Waals surface area (Å²) in [5.41, 5.74) is 3.72. The molecule has 5 nitrogen and oxygen atoms in total. The fourth-order valence-electron chi connectivity index (χ4n) is 4.62. The smallest absolute Gasteiger partial charge is 0.291 e. The summed E-state index contributed by atoms with van der Waals surface area (Å²) in [6.45, 7) is 3.30. The van der Waals surface area contributed by atoms with E-state index in [0.29, 0.717) is 11.0 Å². The van der Waals surface area contributed by atoms with Crippen molar-refractivity contribution in [1.82, 2.24) is 0 Å². The van der Waals surface area contributed by atoms with Crippen LogP contribution in [0.4, 0.5) is 11.4 Å². The van der Waals surface area contributed by atoms with Crippen LogP contribution in [0.5, 0.6) is 0 Å². The van der Waals surface area contributed by atoms with Gasteiger partial charge >= 0.3 is 0 Å². The van der Waals surface area contributed by atoms with Gasteiger partial charge in [-0.1, -0.05) is 37.5 Å². The maximum absolute atomic E-state index is 13.2. The molecule has 1 N–H and O–H groups in total. The van der Waals surface area contributed by atoms with Gasteiger partial charge in [0.15, 0.2) is 5.76 Å². The normalized spacial score (nSPS) is 17.6. The van der Waals surface area contributed by atoms with Crippen LogP contribution in [0, 0.1) is 0 Å². The van der Waals surface area contributed by atoms with Crippen molar-refractivity contribution in [2.75, 3.05) is 36.5 Å². The zero-order valence-electron chi connectivity index (χ0n) is 18.3. The predicted octanol–water partition coefficient (Wildman–Crippen LogP) is 6.09. The van der Waals surface area contributed by atoms with Gasteiger partial charge in [0.25, 0.3) is 5.91 Å². The van der Waals surface area contributed by atoms with Crippen LogP contribution >= 0.6 is 11.8 Å². The van der Waals surface area contributed by atoms with Crippen LogP contribution in [0.15, 0.2) is 52.9 Å². The number of nitrogens with zero attached hydrogens (tertiary/aromatic N) is 1. The molecule has 5 rings (SSSR count). The average molecular weight is 451 g/mol. The van der Waals surface area contributed by atoms with Gasteiger partial charge in [0.05, 0.1) is 13.2 Å². The van der Waals surface area contributed by atoms with Gasteiger partial charge in [0.1, 0.15) is 5.58 Å². The van der Waals surface area contributed by atoms with Crippen LogP contribution in [0.3, 0.4) is 0 Å². The van der Waals surface area contributed by atoms with E-state index in [9.17, 15) is 4.79 Å². The number of thioether (sulfide) groups is 1. The molecule has 2 fully saturated rings. The number of morpholine rings is 1. The summed E-state index contributed by atoms with van der Waals surface area (Å²) in [7, 11) is 0.